The van der Waals surface area contributed by atoms with Crippen molar-refractivity contribution in [2.75, 3.05) is 0 Å². The van der Waals surface area contributed by atoms with Crippen LogP contribution in [0.2, 0.25) is 5.02 Å². The van der Waals surface area contributed by atoms with E-state index in [0.29, 0.717) is 27.9 Å². The Balaban J connectivity index is 1.69. The average molecular weight is 368 g/mol. The molecule has 0 aliphatic heterocycles. The Labute approximate surface area is 154 Å². The largest absolute Gasteiger partial charge is 0.467 e. The molecule has 0 unspecified atom stereocenters. The first-order chi connectivity index (χ1) is 12.7. The van der Waals surface area contributed by atoms with Gasteiger partial charge in [0.05, 0.1) is 24.8 Å². The minimum Gasteiger partial charge on any atom is -0.467 e. The standard InChI is InChI=1S/C19H14ClN3O3/c20-13-5-7-14(8-6-13)23-17(11-16(22-23)18-4-2-10-26-18)19(24)21-12-15-3-1-9-25-15/h1-11H,12H2,(H,21,24). The molecular weight excluding hydrogens is 354 g/mol. The van der Waals surface area contributed by atoms with Crippen molar-refractivity contribution in [3.05, 3.63) is 83.6 Å². The summed E-state index contributed by atoms with van der Waals surface area (Å²) in [6, 6.07) is 15.9. The van der Waals surface area contributed by atoms with E-state index in [-0.39, 0.29) is 12.5 Å². The van der Waals surface area contributed by atoms with Crippen LogP contribution in [0.5, 0.6) is 0 Å². The third-order valence-corrected chi connectivity index (χ3v) is 4.04. The molecule has 0 aliphatic carbocycles. The lowest BCUT2D eigenvalue weighted by molar-refractivity contribution is 0.0940. The zero-order chi connectivity index (χ0) is 17.9. The number of nitrogens with one attached hydrogen (secondary N) is 1. The van der Waals surface area contributed by atoms with Crippen molar-refractivity contribution in [2.45, 2.75) is 6.54 Å². The molecular formula is C19H14ClN3O3. The highest BCUT2D eigenvalue weighted by Gasteiger charge is 2.19. The van der Waals surface area contributed by atoms with E-state index in [1.807, 2.05) is 0 Å². The van der Waals surface area contributed by atoms with Gasteiger partial charge in [0.25, 0.3) is 5.91 Å². The van der Waals surface area contributed by atoms with Gasteiger partial charge in [0.15, 0.2) is 5.76 Å². The van der Waals surface area contributed by atoms with E-state index in [4.69, 9.17) is 20.4 Å². The summed E-state index contributed by atoms with van der Waals surface area (Å²) in [5, 5.41) is 7.95. The van der Waals surface area contributed by atoms with Gasteiger partial charge in [-0.05, 0) is 48.5 Å². The number of furan rings is 2. The second kappa shape index (κ2) is 6.93. The molecule has 1 aromatic carbocycles. The first kappa shape index (κ1) is 16.2. The van der Waals surface area contributed by atoms with Crippen molar-refractivity contribution in [3.63, 3.8) is 0 Å². The Hall–Kier alpha value is -3.25. The predicted molar refractivity (Wildman–Crippen MR) is 96.2 cm³/mol. The number of benzene rings is 1. The lowest BCUT2D eigenvalue weighted by Crippen LogP contribution is -2.25. The molecule has 0 saturated heterocycles. The topological polar surface area (TPSA) is 73.2 Å². The van der Waals surface area contributed by atoms with E-state index in [0.717, 1.165) is 5.69 Å². The normalized spacial score (nSPS) is 10.8. The molecule has 0 saturated carbocycles. The highest BCUT2D eigenvalue weighted by atomic mass is 35.5. The third kappa shape index (κ3) is 3.27. The number of hydrogen-bond acceptors (Lipinski definition) is 4. The maximum absolute atomic E-state index is 12.7. The molecule has 6 nitrogen and oxygen atoms in total. The minimum atomic E-state index is -0.276. The average Bonchev–Trinajstić information content (AvgIpc) is 3.41. The minimum absolute atomic E-state index is 0.276. The number of carbonyl (C=O) groups excluding carboxylic acids is 1. The maximum atomic E-state index is 12.7. The predicted octanol–water partition coefficient (Wildman–Crippen LogP) is 4.31. The molecule has 0 fully saturated rings. The summed E-state index contributed by atoms with van der Waals surface area (Å²) in [5.41, 5.74) is 1.66. The van der Waals surface area contributed by atoms with Crippen molar-refractivity contribution < 1.29 is 13.6 Å². The van der Waals surface area contributed by atoms with E-state index in [9.17, 15) is 4.79 Å². The fourth-order valence-electron chi connectivity index (χ4n) is 2.54. The van der Waals surface area contributed by atoms with Crippen LogP contribution in [0, 0.1) is 0 Å². The van der Waals surface area contributed by atoms with Gasteiger partial charge in [-0.25, -0.2) is 4.68 Å². The number of hydrogen-bond donors (Lipinski definition) is 1. The summed E-state index contributed by atoms with van der Waals surface area (Å²) >= 11 is 5.96. The van der Waals surface area contributed by atoms with Gasteiger partial charge in [0, 0.05) is 11.1 Å². The van der Waals surface area contributed by atoms with Crippen LogP contribution in [0.15, 0.2) is 76.0 Å². The smallest absolute Gasteiger partial charge is 0.270 e. The van der Waals surface area contributed by atoms with Crippen LogP contribution >= 0.6 is 11.6 Å². The van der Waals surface area contributed by atoms with Gasteiger partial charge in [0.2, 0.25) is 0 Å². The van der Waals surface area contributed by atoms with Crippen LogP contribution < -0.4 is 5.32 Å². The van der Waals surface area contributed by atoms with Gasteiger partial charge in [-0.15, -0.1) is 0 Å². The van der Waals surface area contributed by atoms with Crippen LogP contribution in [-0.4, -0.2) is 15.7 Å². The molecule has 3 aromatic heterocycles. The van der Waals surface area contributed by atoms with E-state index in [1.165, 1.54) is 0 Å². The number of amides is 1. The second-order valence-electron chi connectivity index (χ2n) is 5.54. The molecule has 0 radical (unpaired) electrons. The lowest BCUT2D eigenvalue weighted by Gasteiger charge is -2.07. The molecule has 3 heterocycles. The molecule has 1 amide bonds. The first-order valence-corrected chi connectivity index (χ1v) is 8.29. The number of nitrogens with zero attached hydrogens (tertiary/aromatic N) is 2. The summed E-state index contributed by atoms with van der Waals surface area (Å²) < 4.78 is 12.2. The lowest BCUT2D eigenvalue weighted by atomic mass is 10.2. The Morgan fingerprint density at radius 2 is 1.85 bits per heavy atom. The number of aromatic nitrogens is 2. The summed E-state index contributed by atoms with van der Waals surface area (Å²) in [7, 11) is 0. The Morgan fingerprint density at radius 3 is 2.54 bits per heavy atom. The summed E-state index contributed by atoms with van der Waals surface area (Å²) in [5.74, 6) is 0.974. The maximum Gasteiger partial charge on any atom is 0.270 e. The zero-order valence-electron chi connectivity index (χ0n) is 13.6. The van der Waals surface area contributed by atoms with Crippen LogP contribution in [0.1, 0.15) is 16.2 Å². The van der Waals surface area contributed by atoms with E-state index in [2.05, 4.69) is 10.4 Å². The van der Waals surface area contributed by atoms with Gasteiger partial charge in [0.1, 0.15) is 17.1 Å². The molecule has 4 rings (SSSR count). The third-order valence-electron chi connectivity index (χ3n) is 3.79. The van der Waals surface area contributed by atoms with Crippen molar-refractivity contribution >= 4 is 17.5 Å². The highest BCUT2D eigenvalue weighted by molar-refractivity contribution is 6.30. The highest BCUT2D eigenvalue weighted by Crippen LogP contribution is 2.23. The quantitative estimate of drug-likeness (QED) is 0.570. The van der Waals surface area contributed by atoms with Gasteiger partial charge >= 0.3 is 0 Å². The van der Waals surface area contributed by atoms with Crippen LogP contribution in [0.4, 0.5) is 0 Å². The zero-order valence-corrected chi connectivity index (χ0v) is 14.3. The summed E-state index contributed by atoms with van der Waals surface area (Å²) in [6.07, 6.45) is 3.13. The van der Waals surface area contributed by atoms with Crippen LogP contribution in [0.3, 0.4) is 0 Å². The van der Waals surface area contributed by atoms with Gasteiger partial charge in [-0.1, -0.05) is 11.6 Å². The Kier molecular flexibility index (Phi) is 4.33. The first-order valence-electron chi connectivity index (χ1n) is 7.91. The van der Waals surface area contributed by atoms with Crippen LogP contribution in [0.25, 0.3) is 17.1 Å². The van der Waals surface area contributed by atoms with Gasteiger partial charge < -0.3 is 14.2 Å². The van der Waals surface area contributed by atoms with E-state index >= 15 is 0 Å². The SMILES string of the molecule is O=C(NCc1ccco1)c1cc(-c2ccco2)nn1-c1ccc(Cl)cc1. The molecule has 0 spiro atoms. The van der Waals surface area contributed by atoms with Gasteiger partial charge in [-0.2, -0.15) is 5.10 Å². The molecule has 0 atom stereocenters. The van der Waals surface area contributed by atoms with Crippen molar-refractivity contribution in [1.29, 1.82) is 0 Å². The number of rotatable bonds is 5. The summed E-state index contributed by atoms with van der Waals surface area (Å²) in [6.45, 7) is 0.285. The van der Waals surface area contributed by atoms with Crippen molar-refractivity contribution in [2.24, 2.45) is 0 Å². The van der Waals surface area contributed by atoms with Crippen LogP contribution in [-0.2, 0) is 6.54 Å². The molecule has 130 valence electrons. The molecule has 0 bridgehead atoms. The number of halogens is 1. The molecule has 4 aromatic rings. The second-order valence-corrected chi connectivity index (χ2v) is 5.98. The van der Waals surface area contributed by atoms with Crippen molar-refractivity contribution in [3.8, 4) is 17.1 Å². The number of carbonyl (C=O) groups is 1. The molecule has 7 heteroatoms. The molecule has 1 N–H and O–H groups in total. The Morgan fingerprint density at radius 1 is 1.08 bits per heavy atom. The monoisotopic (exact) mass is 367 g/mol. The van der Waals surface area contributed by atoms with E-state index < -0.39 is 0 Å². The van der Waals surface area contributed by atoms with Crippen molar-refractivity contribution in [1.82, 2.24) is 15.1 Å². The van der Waals surface area contributed by atoms with Gasteiger partial charge in [-0.3, -0.25) is 4.79 Å². The summed E-state index contributed by atoms with van der Waals surface area (Å²) in [4.78, 5) is 12.7. The van der Waals surface area contributed by atoms with E-state index in [1.54, 1.807) is 71.8 Å². The Bertz CT molecular complexity index is 1000. The molecule has 0 aliphatic rings. The fraction of sp³-hybridized carbons (Fsp3) is 0.0526. The fourth-order valence-corrected chi connectivity index (χ4v) is 2.66. The molecule has 26 heavy (non-hydrogen) atoms.